The monoisotopic (exact) mass is 426 g/mol. The number of aryl methyl sites for hydroxylation is 2. The van der Waals surface area contributed by atoms with Crippen LogP contribution in [0.5, 0.6) is 0 Å². The molecule has 0 bridgehead atoms. The van der Waals surface area contributed by atoms with Gasteiger partial charge in [-0.05, 0) is 61.2 Å². The van der Waals surface area contributed by atoms with E-state index in [0.717, 1.165) is 54.0 Å². The highest BCUT2D eigenvalue weighted by Crippen LogP contribution is 2.33. The molecule has 2 aromatic carbocycles. The number of H-pyrrole nitrogens is 1. The van der Waals surface area contributed by atoms with E-state index in [9.17, 15) is 9.18 Å². The lowest BCUT2D eigenvalue weighted by Crippen LogP contribution is -2.14. The smallest absolute Gasteiger partial charge is 0.228 e. The van der Waals surface area contributed by atoms with Gasteiger partial charge in [0.1, 0.15) is 17.5 Å². The molecule has 6 heteroatoms. The largest absolute Gasteiger partial charge is 0.341 e. The lowest BCUT2D eigenvalue weighted by molar-refractivity contribution is -0.117. The normalized spacial score (nSPS) is 13.2. The van der Waals surface area contributed by atoms with Crippen molar-refractivity contribution < 1.29 is 9.18 Å². The number of imidazole rings is 1. The van der Waals surface area contributed by atoms with Gasteiger partial charge in [0.2, 0.25) is 5.91 Å². The van der Waals surface area contributed by atoms with E-state index in [0.29, 0.717) is 5.82 Å². The number of nitrogens with zero attached hydrogens (tertiary/aromatic N) is 2. The van der Waals surface area contributed by atoms with Gasteiger partial charge in [0.15, 0.2) is 0 Å². The van der Waals surface area contributed by atoms with Gasteiger partial charge in [-0.15, -0.1) is 0 Å². The van der Waals surface area contributed by atoms with E-state index in [4.69, 9.17) is 4.98 Å². The highest BCUT2D eigenvalue weighted by molar-refractivity contribution is 5.94. The Hall–Kier alpha value is -3.80. The van der Waals surface area contributed by atoms with E-state index < -0.39 is 0 Å². The second-order valence-corrected chi connectivity index (χ2v) is 8.09. The lowest BCUT2D eigenvalue weighted by Gasteiger charge is -2.07. The molecule has 0 atom stereocenters. The molecule has 1 saturated carbocycles. The fraction of sp³-hybridized carbons (Fsp3) is 0.192. The van der Waals surface area contributed by atoms with Gasteiger partial charge in [0, 0.05) is 29.7 Å². The molecule has 5 nitrogen and oxygen atoms in total. The molecule has 160 valence electrons. The Morgan fingerprint density at radius 2 is 1.78 bits per heavy atom. The zero-order valence-electron chi connectivity index (χ0n) is 17.5. The number of nitrogens with one attached hydrogen (secondary N) is 2. The predicted molar refractivity (Wildman–Crippen MR) is 122 cm³/mol. The summed E-state index contributed by atoms with van der Waals surface area (Å²) in [6.07, 6.45) is 5.14. The molecule has 1 fully saturated rings. The lowest BCUT2D eigenvalue weighted by atomic mass is 10.1. The van der Waals surface area contributed by atoms with Crippen LogP contribution in [-0.2, 0) is 17.6 Å². The Balaban J connectivity index is 1.47. The van der Waals surface area contributed by atoms with Gasteiger partial charge in [0.25, 0.3) is 0 Å². The van der Waals surface area contributed by atoms with Gasteiger partial charge in [-0.2, -0.15) is 0 Å². The van der Waals surface area contributed by atoms with E-state index in [-0.39, 0.29) is 17.6 Å². The quantitative estimate of drug-likeness (QED) is 0.415. The first-order valence-electron chi connectivity index (χ1n) is 10.8. The summed E-state index contributed by atoms with van der Waals surface area (Å²) in [6.45, 7) is 0. The number of benzene rings is 2. The molecule has 2 N–H and O–H groups in total. The first kappa shape index (κ1) is 20.1. The first-order chi connectivity index (χ1) is 15.7. The van der Waals surface area contributed by atoms with Crippen molar-refractivity contribution in [3.8, 4) is 22.5 Å². The molecule has 0 spiro atoms. The van der Waals surface area contributed by atoms with Crippen molar-refractivity contribution in [1.29, 1.82) is 0 Å². The summed E-state index contributed by atoms with van der Waals surface area (Å²) in [5.74, 6) is 1.19. The van der Waals surface area contributed by atoms with E-state index in [1.807, 2.05) is 30.3 Å². The fourth-order valence-electron chi connectivity index (χ4n) is 3.70. The minimum absolute atomic E-state index is 0.0129. The summed E-state index contributed by atoms with van der Waals surface area (Å²) in [5.41, 5.74) is 4.50. The maximum atomic E-state index is 13.5. The molecule has 0 aliphatic heterocycles. The average Bonchev–Trinajstić information content (AvgIpc) is 3.59. The second kappa shape index (κ2) is 8.75. The van der Waals surface area contributed by atoms with Gasteiger partial charge in [-0.1, -0.05) is 30.3 Å². The van der Waals surface area contributed by atoms with Crippen LogP contribution in [-0.4, -0.2) is 20.9 Å². The van der Waals surface area contributed by atoms with Crippen LogP contribution in [0.3, 0.4) is 0 Å². The number of aromatic nitrogens is 3. The van der Waals surface area contributed by atoms with Gasteiger partial charge in [-0.3, -0.25) is 4.79 Å². The van der Waals surface area contributed by atoms with Crippen LogP contribution in [0.1, 0.15) is 24.2 Å². The Bertz CT molecular complexity index is 1230. The van der Waals surface area contributed by atoms with Crippen molar-refractivity contribution in [2.45, 2.75) is 25.7 Å². The number of pyridine rings is 1. The van der Waals surface area contributed by atoms with Crippen LogP contribution < -0.4 is 5.32 Å². The zero-order chi connectivity index (χ0) is 21.9. The molecular formula is C26H23FN4O. The number of carbonyl (C=O) groups is 1. The molecule has 0 saturated heterocycles. The Labute approximate surface area is 185 Å². The zero-order valence-corrected chi connectivity index (χ0v) is 17.5. The molecular weight excluding hydrogens is 403 g/mol. The van der Waals surface area contributed by atoms with Crippen molar-refractivity contribution >= 4 is 11.7 Å². The summed E-state index contributed by atoms with van der Waals surface area (Å²) in [7, 11) is 0. The molecule has 2 heterocycles. The molecule has 1 aliphatic carbocycles. The SMILES string of the molecule is O=C(Nc1cc(-c2nc(CCc3ccccc3)[nH]c2-c2ccc(F)cc2)ccn1)C1CC1. The fourth-order valence-corrected chi connectivity index (χ4v) is 3.70. The summed E-state index contributed by atoms with van der Waals surface area (Å²) in [6, 6.07) is 20.3. The Kier molecular flexibility index (Phi) is 5.50. The van der Waals surface area contributed by atoms with Crippen molar-refractivity contribution in [1.82, 2.24) is 15.0 Å². The minimum atomic E-state index is -0.284. The first-order valence-corrected chi connectivity index (χ1v) is 10.8. The third-order valence-electron chi connectivity index (χ3n) is 5.61. The van der Waals surface area contributed by atoms with Gasteiger partial charge < -0.3 is 10.3 Å². The number of hydrogen-bond donors (Lipinski definition) is 2. The van der Waals surface area contributed by atoms with Crippen molar-refractivity contribution in [2.24, 2.45) is 5.92 Å². The van der Waals surface area contributed by atoms with E-state index in [1.54, 1.807) is 18.3 Å². The van der Waals surface area contributed by atoms with Crippen LogP contribution in [0.2, 0.25) is 0 Å². The molecule has 32 heavy (non-hydrogen) atoms. The van der Waals surface area contributed by atoms with Crippen LogP contribution in [0.15, 0.2) is 72.9 Å². The number of halogens is 1. The summed E-state index contributed by atoms with van der Waals surface area (Å²) < 4.78 is 13.5. The average molecular weight is 426 g/mol. The summed E-state index contributed by atoms with van der Waals surface area (Å²) in [5, 5.41) is 2.90. The highest BCUT2D eigenvalue weighted by atomic mass is 19.1. The number of carbonyl (C=O) groups excluding carboxylic acids is 1. The molecule has 5 rings (SSSR count). The summed E-state index contributed by atoms with van der Waals surface area (Å²) in [4.78, 5) is 24.8. The standard InChI is InChI=1S/C26H23FN4O/c27-21-11-9-18(10-12-21)24-25(30-22(29-24)13-6-17-4-2-1-3-5-17)20-14-15-28-23(16-20)31-26(32)19-7-8-19/h1-5,9-12,14-16,19H,6-8,13H2,(H,29,30)(H,28,31,32). The topological polar surface area (TPSA) is 70.7 Å². The van der Waals surface area contributed by atoms with E-state index in [2.05, 4.69) is 27.4 Å². The van der Waals surface area contributed by atoms with Crippen LogP contribution in [0.4, 0.5) is 10.2 Å². The molecule has 0 unspecified atom stereocenters. The number of hydrogen-bond acceptors (Lipinski definition) is 3. The maximum absolute atomic E-state index is 13.5. The molecule has 1 aliphatic rings. The number of aromatic amines is 1. The van der Waals surface area contributed by atoms with Crippen LogP contribution in [0, 0.1) is 11.7 Å². The van der Waals surface area contributed by atoms with Crippen LogP contribution >= 0.6 is 0 Å². The second-order valence-electron chi connectivity index (χ2n) is 8.09. The van der Waals surface area contributed by atoms with Gasteiger partial charge >= 0.3 is 0 Å². The number of rotatable bonds is 7. The predicted octanol–water partition coefficient (Wildman–Crippen LogP) is 5.41. The third-order valence-corrected chi connectivity index (χ3v) is 5.61. The highest BCUT2D eigenvalue weighted by Gasteiger charge is 2.29. The Morgan fingerprint density at radius 1 is 1.00 bits per heavy atom. The van der Waals surface area contributed by atoms with Crippen molar-refractivity contribution in [3.05, 3.63) is 90.1 Å². The van der Waals surface area contributed by atoms with Gasteiger partial charge in [0.05, 0.1) is 11.4 Å². The number of anilines is 1. The van der Waals surface area contributed by atoms with E-state index in [1.165, 1.54) is 17.7 Å². The van der Waals surface area contributed by atoms with Crippen molar-refractivity contribution in [2.75, 3.05) is 5.32 Å². The Morgan fingerprint density at radius 3 is 2.53 bits per heavy atom. The van der Waals surface area contributed by atoms with Crippen molar-refractivity contribution in [3.63, 3.8) is 0 Å². The number of amides is 1. The van der Waals surface area contributed by atoms with Gasteiger partial charge in [-0.25, -0.2) is 14.4 Å². The van der Waals surface area contributed by atoms with Crippen LogP contribution in [0.25, 0.3) is 22.5 Å². The molecule has 1 amide bonds. The van der Waals surface area contributed by atoms with E-state index >= 15 is 0 Å². The summed E-state index contributed by atoms with van der Waals surface area (Å²) >= 11 is 0. The minimum Gasteiger partial charge on any atom is -0.341 e. The third kappa shape index (κ3) is 4.59. The molecule has 2 aromatic heterocycles. The maximum Gasteiger partial charge on any atom is 0.228 e. The molecule has 4 aromatic rings. The molecule has 0 radical (unpaired) electrons.